The Bertz CT molecular complexity index is 1000. The summed E-state index contributed by atoms with van der Waals surface area (Å²) in [5, 5.41) is 0.498. The van der Waals surface area contributed by atoms with Crippen LogP contribution in [0.15, 0.2) is 41.3 Å². The second-order valence-corrected chi connectivity index (χ2v) is 9.33. The molecule has 0 spiro atoms. The molecule has 0 aromatic heterocycles. The summed E-state index contributed by atoms with van der Waals surface area (Å²) >= 11 is 6.08. The Balaban J connectivity index is 1.99. The fraction of sp³-hybridized carbons (Fsp3) is 0.316. The van der Waals surface area contributed by atoms with Crippen molar-refractivity contribution in [2.75, 3.05) is 16.2 Å². The summed E-state index contributed by atoms with van der Waals surface area (Å²) in [6, 6.07) is 9.89. The van der Waals surface area contributed by atoms with Crippen molar-refractivity contribution >= 4 is 38.9 Å². The first-order valence-corrected chi connectivity index (χ1v) is 10.1. The average molecular weight is 393 g/mol. The van der Waals surface area contributed by atoms with Crippen LogP contribution in [0.5, 0.6) is 0 Å². The minimum absolute atomic E-state index is 0.0557. The van der Waals surface area contributed by atoms with E-state index in [1.54, 1.807) is 35.2 Å². The highest BCUT2D eigenvalue weighted by Crippen LogP contribution is 2.41. The maximum atomic E-state index is 12.8. The zero-order chi connectivity index (χ0) is 19.3. The molecule has 3 rings (SSSR count). The van der Waals surface area contributed by atoms with E-state index < -0.39 is 10.0 Å². The minimum Gasteiger partial charge on any atom is -0.311 e. The van der Waals surface area contributed by atoms with Gasteiger partial charge in [0, 0.05) is 29.6 Å². The van der Waals surface area contributed by atoms with Gasteiger partial charge in [-0.2, -0.15) is 0 Å². The second kappa shape index (κ2) is 6.28. The van der Waals surface area contributed by atoms with E-state index in [1.165, 1.54) is 13.0 Å². The predicted octanol–water partition coefficient (Wildman–Crippen LogP) is 4.09. The van der Waals surface area contributed by atoms with E-state index in [0.29, 0.717) is 17.3 Å². The zero-order valence-electron chi connectivity index (χ0n) is 15.1. The van der Waals surface area contributed by atoms with Gasteiger partial charge in [-0.05, 0) is 48.4 Å². The van der Waals surface area contributed by atoms with Gasteiger partial charge in [-0.3, -0.25) is 9.52 Å². The molecule has 2 aromatic carbocycles. The van der Waals surface area contributed by atoms with Gasteiger partial charge in [0.15, 0.2) is 0 Å². The number of fused-ring (bicyclic) bond motifs is 1. The van der Waals surface area contributed by atoms with Gasteiger partial charge in [-0.25, -0.2) is 8.42 Å². The topological polar surface area (TPSA) is 66.5 Å². The molecule has 0 saturated carbocycles. The lowest BCUT2D eigenvalue weighted by molar-refractivity contribution is -0.116. The number of nitrogens with one attached hydrogen (secondary N) is 1. The van der Waals surface area contributed by atoms with Crippen molar-refractivity contribution in [2.45, 2.75) is 38.0 Å². The molecule has 0 aliphatic carbocycles. The van der Waals surface area contributed by atoms with Crippen LogP contribution in [0.25, 0.3) is 0 Å². The third-order valence-electron chi connectivity index (χ3n) is 4.66. The summed E-state index contributed by atoms with van der Waals surface area (Å²) in [6.45, 7) is 7.89. The second-order valence-electron chi connectivity index (χ2n) is 7.24. The molecule has 0 bridgehead atoms. The molecule has 0 fully saturated rings. The number of anilines is 2. The zero-order valence-corrected chi connectivity index (χ0v) is 16.7. The third kappa shape index (κ3) is 3.31. The molecule has 2 aromatic rings. The first-order valence-electron chi connectivity index (χ1n) is 8.23. The lowest BCUT2D eigenvalue weighted by Crippen LogP contribution is -2.31. The van der Waals surface area contributed by atoms with Crippen LogP contribution in [-0.2, 0) is 20.2 Å². The maximum absolute atomic E-state index is 12.8. The van der Waals surface area contributed by atoms with Crippen molar-refractivity contribution in [3.63, 3.8) is 0 Å². The number of sulfonamides is 1. The van der Waals surface area contributed by atoms with E-state index in [4.69, 9.17) is 11.6 Å². The molecule has 7 heteroatoms. The highest BCUT2D eigenvalue weighted by Gasteiger charge is 2.37. The van der Waals surface area contributed by atoms with Crippen molar-refractivity contribution in [3.05, 3.63) is 52.5 Å². The van der Waals surface area contributed by atoms with Crippen molar-refractivity contribution in [2.24, 2.45) is 0 Å². The van der Waals surface area contributed by atoms with Gasteiger partial charge in [0.1, 0.15) is 0 Å². The molecular formula is C19H21ClN2O3S. The number of amides is 1. The summed E-state index contributed by atoms with van der Waals surface area (Å²) < 4.78 is 28.1. The van der Waals surface area contributed by atoms with Crippen LogP contribution in [0.3, 0.4) is 0 Å². The number of nitrogens with zero attached hydrogens (tertiary/aromatic N) is 1. The standard InChI is InChI=1S/C19H21ClN2O3S/c1-12-5-6-14(9-17(12)20)21-26(24,25)15-7-8-18-16(10-15)19(3,4)11-22(18)13(2)23/h5-10,21H,11H2,1-4H3. The van der Waals surface area contributed by atoms with Crippen LogP contribution < -0.4 is 9.62 Å². The highest BCUT2D eigenvalue weighted by molar-refractivity contribution is 7.92. The first kappa shape index (κ1) is 18.7. The summed E-state index contributed by atoms with van der Waals surface area (Å²) in [5.41, 5.74) is 2.57. The Morgan fingerprint density at radius 3 is 2.50 bits per heavy atom. The molecule has 1 heterocycles. The summed E-state index contributed by atoms with van der Waals surface area (Å²) in [6.07, 6.45) is 0. The minimum atomic E-state index is -3.76. The van der Waals surface area contributed by atoms with E-state index in [1.807, 2.05) is 20.8 Å². The molecule has 1 N–H and O–H groups in total. The third-order valence-corrected chi connectivity index (χ3v) is 6.44. The average Bonchev–Trinajstić information content (AvgIpc) is 2.82. The van der Waals surface area contributed by atoms with Gasteiger partial charge in [0.25, 0.3) is 10.0 Å². The lowest BCUT2D eigenvalue weighted by Gasteiger charge is -2.19. The van der Waals surface area contributed by atoms with Gasteiger partial charge < -0.3 is 4.90 Å². The van der Waals surface area contributed by atoms with Gasteiger partial charge in [-0.15, -0.1) is 0 Å². The normalized spacial score (nSPS) is 15.7. The monoisotopic (exact) mass is 392 g/mol. The maximum Gasteiger partial charge on any atom is 0.261 e. The Morgan fingerprint density at radius 1 is 1.19 bits per heavy atom. The number of carbonyl (C=O) groups is 1. The molecule has 1 aliphatic heterocycles. The van der Waals surface area contributed by atoms with E-state index in [2.05, 4.69) is 4.72 Å². The highest BCUT2D eigenvalue weighted by atomic mass is 35.5. The molecule has 1 aliphatic rings. The van der Waals surface area contributed by atoms with Crippen molar-refractivity contribution in [1.82, 2.24) is 0 Å². The smallest absolute Gasteiger partial charge is 0.261 e. The SMILES string of the molecule is CC(=O)N1CC(C)(C)c2cc(S(=O)(=O)Nc3ccc(C)c(Cl)c3)ccc21. The van der Waals surface area contributed by atoms with Crippen molar-refractivity contribution < 1.29 is 13.2 Å². The van der Waals surface area contributed by atoms with Crippen molar-refractivity contribution in [3.8, 4) is 0 Å². The van der Waals surface area contributed by atoms with E-state index in [9.17, 15) is 13.2 Å². The quantitative estimate of drug-likeness (QED) is 0.855. The number of rotatable bonds is 3. The number of halogens is 1. The summed E-state index contributed by atoms with van der Waals surface area (Å²) in [5.74, 6) is -0.0557. The van der Waals surface area contributed by atoms with Crippen LogP contribution >= 0.6 is 11.6 Å². The molecule has 0 atom stereocenters. The van der Waals surface area contributed by atoms with E-state index in [-0.39, 0.29) is 16.2 Å². The predicted molar refractivity (Wildman–Crippen MR) is 104 cm³/mol. The van der Waals surface area contributed by atoms with Crippen molar-refractivity contribution in [1.29, 1.82) is 0 Å². The molecule has 1 amide bonds. The molecule has 138 valence electrons. The molecule has 5 nitrogen and oxygen atoms in total. The largest absolute Gasteiger partial charge is 0.311 e. The summed E-state index contributed by atoms with van der Waals surface area (Å²) in [4.78, 5) is 13.7. The number of aryl methyl sites for hydroxylation is 1. The van der Waals surface area contributed by atoms with Gasteiger partial charge >= 0.3 is 0 Å². The summed E-state index contributed by atoms with van der Waals surface area (Å²) in [7, 11) is -3.76. The fourth-order valence-corrected chi connectivity index (χ4v) is 4.43. The van der Waals surface area contributed by atoms with E-state index in [0.717, 1.165) is 16.8 Å². The first-order chi connectivity index (χ1) is 12.0. The molecule has 0 unspecified atom stereocenters. The van der Waals surface area contributed by atoms with Crippen LogP contribution in [0.1, 0.15) is 31.9 Å². The van der Waals surface area contributed by atoms with Crippen LogP contribution in [0, 0.1) is 6.92 Å². The molecule has 0 radical (unpaired) electrons. The lowest BCUT2D eigenvalue weighted by atomic mass is 9.87. The molecule has 0 saturated heterocycles. The van der Waals surface area contributed by atoms with Gasteiger partial charge in [-0.1, -0.05) is 31.5 Å². The van der Waals surface area contributed by atoms with E-state index >= 15 is 0 Å². The number of hydrogen-bond donors (Lipinski definition) is 1. The Labute approximate surface area is 159 Å². The van der Waals surface area contributed by atoms with Gasteiger partial charge in [0.05, 0.1) is 10.6 Å². The number of carbonyl (C=O) groups excluding carboxylic acids is 1. The molecular weight excluding hydrogens is 372 g/mol. The Kier molecular flexibility index (Phi) is 4.53. The van der Waals surface area contributed by atoms with Crippen LogP contribution in [0.2, 0.25) is 5.02 Å². The molecule has 26 heavy (non-hydrogen) atoms. The van der Waals surface area contributed by atoms with Crippen LogP contribution in [-0.4, -0.2) is 20.9 Å². The Morgan fingerprint density at radius 2 is 1.88 bits per heavy atom. The number of benzene rings is 2. The Hall–Kier alpha value is -2.05. The van der Waals surface area contributed by atoms with Crippen LogP contribution in [0.4, 0.5) is 11.4 Å². The van der Waals surface area contributed by atoms with Gasteiger partial charge in [0.2, 0.25) is 5.91 Å². The number of hydrogen-bond acceptors (Lipinski definition) is 3. The fourth-order valence-electron chi connectivity index (χ4n) is 3.18.